The maximum Gasteiger partial charge on any atom is 0.306 e. The molecule has 0 heterocycles. The molecule has 0 spiro atoms. The summed E-state index contributed by atoms with van der Waals surface area (Å²) in [5.74, 6) is 0.495. The number of hydrogen-bond acceptors (Lipinski definition) is 4. The van der Waals surface area contributed by atoms with E-state index in [2.05, 4.69) is 10.8 Å². The molecule has 0 saturated carbocycles. The Morgan fingerprint density at radius 3 is 2.67 bits per heavy atom. The van der Waals surface area contributed by atoms with Gasteiger partial charge in [-0.15, -0.1) is 11.8 Å². The SMILES string of the molecule is COC(=O)CCSc1ccc(C#N)cc1. The zero-order valence-corrected chi connectivity index (χ0v) is 9.21. The summed E-state index contributed by atoms with van der Waals surface area (Å²) in [4.78, 5) is 11.9. The van der Waals surface area contributed by atoms with Crippen LogP contribution in [0.5, 0.6) is 0 Å². The van der Waals surface area contributed by atoms with Crippen molar-refractivity contribution < 1.29 is 9.53 Å². The molecule has 15 heavy (non-hydrogen) atoms. The second-order valence-corrected chi connectivity index (χ2v) is 3.98. The fraction of sp³-hybridized carbons (Fsp3) is 0.273. The predicted molar refractivity (Wildman–Crippen MR) is 58.5 cm³/mol. The molecule has 78 valence electrons. The van der Waals surface area contributed by atoms with Crippen LogP contribution in [-0.2, 0) is 9.53 Å². The van der Waals surface area contributed by atoms with E-state index < -0.39 is 0 Å². The molecule has 1 rings (SSSR count). The molecule has 0 bridgehead atoms. The second kappa shape index (κ2) is 6.10. The number of hydrogen-bond donors (Lipinski definition) is 0. The average molecular weight is 221 g/mol. The molecule has 0 N–H and O–H groups in total. The molecule has 0 aliphatic rings. The second-order valence-electron chi connectivity index (χ2n) is 2.81. The van der Waals surface area contributed by atoms with Crippen LogP contribution in [0.3, 0.4) is 0 Å². The van der Waals surface area contributed by atoms with Crippen LogP contribution < -0.4 is 0 Å². The van der Waals surface area contributed by atoms with Crippen molar-refractivity contribution >= 4 is 17.7 Å². The number of benzene rings is 1. The average Bonchev–Trinajstić information content (AvgIpc) is 2.29. The van der Waals surface area contributed by atoms with Crippen LogP contribution in [0.2, 0.25) is 0 Å². The van der Waals surface area contributed by atoms with Crippen molar-refractivity contribution in [1.29, 1.82) is 5.26 Å². The highest BCUT2D eigenvalue weighted by Gasteiger charge is 2.00. The number of thioether (sulfide) groups is 1. The van der Waals surface area contributed by atoms with Crippen molar-refractivity contribution in [3.05, 3.63) is 29.8 Å². The summed E-state index contributed by atoms with van der Waals surface area (Å²) in [5, 5.41) is 8.59. The zero-order chi connectivity index (χ0) is 11.1. The molecular formula is C11H11NO2S. The van der Waals surface area contributed by atoms with Gasteiger partial charge in [0.2, 0.25) is 0 Å². The molecule has 0 unspecified atom stereocenters. The van der Waals surface area contributed by atoms with E-state index in [-0.39, 0.29) is 5.97 Å². The van der Waals surface area contributed by atoms with Gasteiger partial charge < -0.3 is 4.74 Å². The van der Waals surface area contributed by atoms with E-state index in [1.807, 2.05) is 12.1 Å². The normalized spacial score (nSPS) is 9.33. The van der Waals surface area contributed by atoms with Crippen molar-refractivity contribution in [3.8, 4) is 6.07 Å². The summed E-state index contributed by atoms with van der Waals surface area (Å²) in [5.41, 5.74) is 0.646. The largest absolute Gasteiger partial charge is 0.469 e. The number of esters is 1. The Morgan fingerprint density at radius 2 is 2.13 bits per heavy atom. The molecule has 0 aromatic heterocycles. The van der Waals surface area contributed by atoms with E-state index in [4.69, 9.17) is 5.26 Å². The highest BCUT2D eigenvalue weighted by Crippen LogP contribution is 2.19. The van der Waals surface area contributed by atoms with Crippen molar-refractivity contribution in [2.45, 2.75) is 11.3 Å². The van der Waals surface area contributed by atoms with Crippen LogP contribution >= 0.6 is 11.8 Å². The number of carbonyl (C=O) groups excluding carboxylic acids is 1. The van der Waals surface area contributed by atoms with Gasteiger partial charge in [-0.1, -0.05) is 0 Å². The molecule has 1 aromatic carbocycles. The summed E-state index contributed by atoms with van der Waals surface area (Å²) in [6.07, 6.45) is 0.404. The van der Waals surface area contributed by atoms with Gasteiger partial charge >= 0.3 is 5.97 Å². The first kappa shape index (κ1) is 11.6. The van der Waals surface area contributed by atoms with Gasteiger partial charge in [0.05, 0.1) is 25.2 Å². The number of nitrogens with zero attached hydrogens (tertiary/aromatic N) is 1. The third kappa shape index (κ3) is 4.05. The van der Waals surface area contributed by atoms with Crippen molar-refractivity contribution in [3.63, 3.8) is 0 Å². The van der Waals surface area contributed by atoms with Crippen LogP contribution in [0.4, 0.5) is 0 Å². The van der Waals surface area contributed by atoms with Crippen LogP contribution in [0, 0.1) is 11.3 Å². The number of ether oxygens (including phenoxy) is 1. The maximum absolute atomic E-state index is 10.8. The van der Waals surface area contributed by atoms with Crippen LogP contribution in [0.25, 0.3) is 0 Å². The lowest BCUT2D eigenvalue weighted by Gasteiger charge is -2.00. The van der Waals surface area contributed by atoms with Crippen molar-refractivity contribution in [2.24, 2.45) is 0 Å². The summed E-state index contributed by atoms with van der Waals surface area (Å²) in [6.45, 7) is 0. The quantitative estimate of drug-likeness (QED) is 0.577. The molecule has 1 aromatic rings. The van der Waals surface area contributed by atoms with Crippen LogP contribution in [0.15, 0.2) is 29.2 Å². The molecule has 0 atom stereocenters. The van der Waals surface area contributed by atoms with Gasteiger partial charge in [0.15, 0.2) is 0 Å². The Morgan fingerprint density at radius 1 is 1.47 bits per heavy atom. The van der Waals surface area contributed by atoms with Gasteiger partial charge in [-0.05, 0) is 24.3 Å². The molecule has 0 amide bonds. The number of carbonyl (C=O) groups is 1. The van der Waals surface area contributed by atoms with E-state index in [0.717, 1.165) is 4.90 Å². The van der Waals surface area contributed by atoms with Gasteiger partial charge in [-0.25, -0.2) is 0 Å². The highest BCUT2D eigenvalue weighted by atomic mass is 32.2. The third-order valence-electron chi connectivity index (χ3n) is 1.79. The third-order valence-corrected chi connectivity index (χ3v) is 2.80. The molecule has 3 nitrogen and oxygen atoms in total. The summed E-state index contributed by atoms with van der Waals surface area (Å²) >= 11 is 1.57. The summed E-state index contributed by atoms with van der Waals surface area (Å²) < 4.78 is 4.53. The Balaban J connectivity index is 2.38. The first-order valence-corrected chi connectivity index (χ1v) is 5.44. The van der Waals surface area contributed by atoms with E-state index in [1.165, 1.54) is 7.11 Å². The minimum absolute atomic E-state index is 0.198. The van der Waals surface area contributed by atoms with Gasteiger partial charge in [0.25, 0.3) is 0 Å². The Labute approximate surface area is 93.0 Å². The Bertz CT molecular complexity index is 367. The molecular weight excluding hydrogens is 210 g/mol. The van der Waals surface area contributed by atoms with Gasteiger partial charge in [0.1, 0.15) is 0 Å². The lowest BCUT2D eigenvalue weighted by atomic mass is 10.2. The van der Waals surface area contributed by atoms with Gasteiger partial charge in [-0.3, -0.25) is 4.79 Å². The minimum atomic E-state index is -0.198. The van der Waals surface area contributed by atoms with Gasteiger partial charge in [0, 0.05) is 10.6 Å². The zero-order valence-electron chi connectivity index (χ0n) is 8.40. The Hall–Kier alpha value is -1.47. The first-order valence-electron chi connectivity index (χ1n) is 4.46. The highest BCUT2D eigenvalue weighted by molar-refractivity contribution is 7.99. The number of rotatable bonds is 4. The molecule has 4 heteroatoms. The maximum atomic E-state index is 10.8. The molecule has 0 radical (unpaired) electrons. The number of methoxy groups -OCH3 is 1. The fourth-order valence-electron chi connectivity index (χ4n) is 0.980. The lowest BCUT2D eigenvalue weighted by molar-refractivity contribution is -0.140. The van der Waals surface area contributed by atoms with E-state index in [0.29, 0.717) is 17.7 Å². The Kier molecular flexibility index (Phi) is 4.72. The standard InChI is InChI=1S/C11H11NO2S/c1-14-11(13)6-7-15-10-4-2-9(8-12)3-5-10/h2-5H,6-7H2,1H3. The summed E-state index contributed by atoms with van der Waals surface area (Å²) in [7, 11) is 1.38. The fourth-order valence-corrected chi connectivity index (χ4v) is 1.81. The van der Waals surface area contributed by atoms with Crippen LogP contribution in [0.1, 0.15) is 12.0 Å². The monoisotopic (exact) mass is 221 g/mol. The molecule has 0 saturated heterocycles. The molecule has 0 aliphatic carbocycles. The molecule has 0 fully saturated rings. The van der Waals surface area contributed by atoms with E-state index in [9.17, 15) is 4.79 Å². The smallest absolute Gasteiger partial charge is 0.306 e. The van der Waals surface area contributed by atoms with Gasteiger partial charge in [-0.2, -0.15) is 5.26 Å². The predicted octanol–water partition coefficient (Wildman–Crippen LogP) is 2.21. The van der Waals surface area contributed by atoms with E-state index in [1.54, 1.807) is 23.9 Å². The van der Waals surface area contributed by atoms with Crippen molar-refractivity contribution in [2.75, 3.05) is 12.9 Å². The van der Waals surface area contributed by atoms with Crippen molar-refractivity contribution in [1.82, 2.24) is 0 Å². The molecule has 0 aliphatic heterocycles. The minimum Gasteiger partial charge on any atom is -0.469 e. The summed E-state index contributed by atoms with van der Waals surface area (Å²) in [6, 6.07) is 9.33. The first-order chi connectivity index (χ1) is 7.26. The lowest BCUT2D eigenvalue weighted by Crippen LogP contribution is -2.00. The van der Waals surface area contributed by atoms with Crippen LogP contribution in [-0.4, -0.2) is 18.8 Å². The topological polar surface area (TPSA) is 50.1 Å². The number of nitriles is 1. The van der Waals surface area contributed by atoms with E-state index >= 15 is 0 Å².